The molecule has 0 bridgehead atoms. The van der Waals surface area contributed by atoms with E-state index in [1.807, 2.05) is 6.07 Å². The van der Waals surface area contributed by atoms with E-state index in [4.69, 9.17) is 23.7 Å². The number of rotatable bonds is 5. The first-order valence-corrected chi connectivity index (χ1v) is 8.32. The fourth-order valence-corrected chi connectivity index (χ4v) is 2.96. The van der Waals surface area contributed by atoms with Crippen LogP contribution in [0.1, 0.15) is 6.92 Å². The van der Waals surface area contributed by atoms with Gasteiger partial charge in [0.25, 0.3) is 0 Å². The number of benzene rings is 2. The molecule has 0 aliphatic carbocycles. The molecule has 4 rings (SSSR count). The SMILES string of the molecule is COc1ccc(-c2conc2-c2cc(OC)c3c(c2)ONO3)cc1NC(C)=O. The lowest BCUT2D eigenvalue weighted by Crippen LogP contribution is -2.14. The minimum absolute atomic E-state index is 0.200. The summed E-state index contributed by atoms with van der Waals surface area (Å²) in [6.07, 6.45) is 1.53. The van der Waals surface area contributed by atoms with E-state index in [1.165, 1.54) is 27.4 Å². The molecule has 1 aromatic heterocycles. The van der Waals surface area contributed by atoms with Crippen molar-refractivity contribution in [3.63, 3.8) is 0 Å². The van der Waals surface area contributed by atoms with E-state index in [1.54, 1.807) is 24.3 Å². The van der Waals surface area contributed by atoms with Gasteiger partial charge in [0, 0.05) is 23.7 Å². The number of nitrogens with zero attached hydrogens (tertiary/aromatic N) is 1. The van der Waals surface area contributed by atoms with Crippen LogP contribution in [0.3, 0.4) is 0 Å². The number of hydrogen-bond donors (Lipinski definition) is 2. The van der Waals surface area contributed by atoms with Gasteiger partial charge >= 0.3 is 0 Å². The van der Waals surface area contributed by atoms with Gasteiger partial charge in [-0.3, -0.25) is 4.79 Å². The van der Waals surface area contributed by atoms with E-state index >= 15 is 0 Å². The van der Waals surface area contributed by atoms with Crippen LogP contribution in [0.25, 0.3) is 22.4 Å². The Morgan fingerprint density at radius 2 is 1.89 bits per heavy atom. The van der Waals surface area contributed by atoms with Crippen molar-refractivity contribution in [2.75, 3.05) is 19.5 Å². The van der Waals surface area contributed by atoms with Crippen molar-refractivity contribution in [2.24, 2.45) is 0 Å². The van der Waals surface area contributed by atoms with E-state index < -0.39 is 0 Å². The highest BCUT2D eigenvalue weighted by Crippen LogP contribution is 2.44. The molecule has 1 amide bonds. The molecule has 0 radical (unpaired) electrons. The molecule has 0 spiro atoms. The van der Waals surface area contributed by atoms with Crippen molar-refractivity contribution < 1.29 is 28.5 Å². The average molecular weight is 383 g/mol. The van der Waals surface area contributed by atoms with Gasteiger partial charge in [-0.05, 0) is 29.8 Å². The molecule has 144 valence electrons. The number of carbonyl (C=O) groups excluding carboxylic acids is 1. The van der Waals surface area contributed by atoms with Crippen molar-refractivity contribution >= 4 is 11.6 Å². The van der Waals surface area contributed by atoms with Crippen molar-refractivity contribution in [1.29, 1.82) is 0 Å². The summed E-state index contributed by atoms with van der Waals surface area (Å²) in [5, 5.41) is 6.89. The third-order valence-corrected chi connectivity index (χ3v) is 4.20. The Bertz CT molecular complexity index is 1050. The zero-order valence-corrected chi connectivity index (χ0v) is 15.4. The summed E-state index contributed by atoms with van der Waals surface area (Å²) >= 11 is 0. The molecule has 1 aliphatic rings. The van der Waals surface area contributed by atoms with Crippen LogP contribution in [0.15, 0.2) is 41.1 Å². The Kier molecular flexibility index (Phi) is 4.50. The van der Waals surface area contributed by atoms with Crippen LogP contribution in [-0.2, 0) is 4.79 Å². The summed E-state index contributed by atoms with van der Waals surface area (Å²) in [5.74, 6) is 1.76. The Morgan fingerprint density at radius 3 is 2.64 bits per heavy atom. The maximum atomic E-state index is 11.5. The second kappa shape index (κ2) is 7.12. The summed E-state index contributed by atoms with van der Waals surface area (Å²) in [7, 11) is 3.08. The number of aromatic nitrogens is 1. The first kappa shape index (κ1) is 17.7. The molecule has 0 atom stereocenters. The third kappa shape index (κ3) is 3.08. The molecule has 9 nitrogen and oxygen atoms in total. The van der Waals surface area contributed by atoms with Crippen LogP contribution in [0.4, 0.5) is 5.69 Å². The average Bonchev–Trinajstić information content (AvgIpc) is 3.35. The Labute approximate surface area is 160 Å². The van der Waals surface area contributed by atoms with E-state index in [9.17, 15) is 4.79 Å². The van der Waals surface area contributed by atoms with Gasteiger partial charge in [-0.2, -0.15) is 0 Å². The monoisotopic (exact) mass is 383 g/mol. The van der Waals surface area contributed by atoms with Crippen LogP contribution in [0, 0.1) is 0 Å². The van der Waals surface area contributed by atoms with E-state index in [0.29, 0.717) is 39.9 Å². The van der Waals surface area contributed by atoms with Gasteiger partial charge in [0.2, 0.25) is 17.4 Å². The van der Waals surface area contributed by atoms with E-state index in [-0.39, 0.29) is 5.91 Å². The molecule has 0 saturated heterocycles. The number of amides is 1. The van der Waals surface area contributed by atoms with Gasteiger partial charge < -0.3 is 29.0 Å². The van der Waals surface area contributed by atoms with Gasteiger partial charge in [-0.1, -0.05) is 11.2 Å². The summed E-state index contributed by atoms with van der Waals surface area (Å²) in [6.45, 7) is 1.43. The zero-order chi connectivity index (χ0) is 19.7. The van der Waals surface area contributed by atoms with Gasteiger partial charge in [0.05, 0.1) is 19.9 Å². The molecule has 1 aliphatic heterocycles. The molecular formula is C19H17N3O6. The lowest BCUT2D eigenvalue weighted by Gasteiger charge is -2.11. The number of fused-ring (bicyclic) bond motifs is 1. The number of hydrogen-bond acceptors (Lipinski definition) is 8. The largest absolute Gasteiger partial charge is 0.495 e. The molecule has 0 unspecified atom stereocenters. The maximum absolute atomic E-state index is 11.5. The normalized spacial score (nSPS) is 12.0. The van der Waals surface area contributed by atoms with Crippen molar-refractivity contribution in [3.05, 3.63) is 36.6 Å². The fraction of sp³-hybridized carbons (Fsp3) is 0.158. The van der Waals surface area contributed by atoms with Gasteiger partial charge in [-0.15, -0.1) is 0 Å². The van der Waals surface area contributed by atoms with Gasteiger partial charge in [0.15, 0.2) is 5.75 Å². The minimum atomic E-state index is -0.200. The summed E-state index contributed by atoms with van der Waals surface area (Å²) in [4.78, 5) is 21.9. The first-order chi connectivity index (χ1) is 13.6. The van der Waals surface area contributed by atoms with Crippen molar-refractivity contribution in [1.82, 2.24) is 10.8 Å². The molecule has 0 saturated carbocycles. The van der Waals surface area contributed by atoms with Crippen LogP contribution in [0.5, 0.6) is 23.0 Å². The molecule has 3 aromatic rings. The Hall–Kier alpha value is -3.72. The summed E-state index contributed by atoms with van der Waals surface area (Å²) in [6, 6.07) is 8.95. The molecule has 2 heterocycles. The smallest absolute Gasteiger partial charge is 0.237 e. The number of anilines is 1. The lowest BCUT2D eigenvalue weighted by molar-refractivity contribution is -0.114. The number of methoxy groups -OCH3 is 2. The number of nitrogens with one attached hydrogen (secondary N) is 2. The predicted molar refractivity (Wildman–Crippen MR) is 99.2 cm³/mol. The molecule has 28 heavy (non-hydrogen) atoms. The molecule has 0 fully saturated rings. The van der Waals surface area contributed by atoms with E-state index in [0.717, 1.165) is 11.1 Å². The van der Waals surface area contributed by atoms with Crippen LogP contribution >= 0.6 is 0 Å². The molecule has 2 aromatic carbocycles. The van der Waals surface area contributed by atoms with Crippen molar-refractivity contribution in [3.8, 4) is 45.4 Å². The third-order valence-electron chi connectivity index (χ3n) is 4.20. The summed E-state index contributed by atoms with van der Waals surface area (Å²) < 4.78 is 15.9. The number of ether oxygens (including phenoxy) is 2. The Morgan fingerprint density at radius 1 is 1.07 bits per heavy atom. The van der Waals surface area contributed by atoms with Crippen LogP contribution in [-0.4, -0.2) is 25.3 Å². The predicted octanol–water partition coefficient (Wildman–Crippen LogP) is 3.18. The summed E-state index contributed by atoms with van der Waals surface area (Å²) in [5.41, 5.74) is 5.69. The fourth-order valence-electron chi connectivity index (χ4n) is 2.96. The van der Waals surface area contributed by atoms with E-state index in [2.05, 4.69) is 16.1 Å². The van der Waals surface area contributed by atoms with Crippen molar-refractivity contribution in [2.45, 2.75) is 6.92 Å². The van der Waals surface area contributed by atoms with Crippen LogP contribution in [0.2, 0.25) is 0 Å². The molecular weight excluding hydrogens is 366 g/mol. The zero-order valence-electron chi connectivity index (χ0n) is 15.4. The molecule has 2 N–H and O–H groups in total. The standard InChI is InChI=1S/C19H17N3O6/c1-10(23)20-14-6-11(4-5-15(14)24-2)13-9-26-21-18(13)12-7-16(25-3)19-17(8-12)27-22-28-19/h4-9,22H,1-3H3,(H,20,23). The molecule has 9 heteroatoms. The van der Waals surface area contributed by atoms with Gasteiger partial charge in [-0.25, -0.2) is 0 Å². The number of carbonyl (C=O) groups is 1. The second-order valence-corrected chi connectivity index (χ2v) is 5.97. The van der Waals surface area contributed by atoms with Gasteiger partial charge in [0.1, 0.15) is 17.7 Å². The topological polar surface area (TPSA) is 104 Å². The quantitative estimate of drug-likeness (QED) is 0.692. The second-order valence-electron chi connectivity index (χ2n) is 5.97. The first-order valence-electron chi connectivity index (χ1n) is 8.32. The highest BCUT2D eigenvalue weighted by atomic mass is 16.9. The highest BCUT2D eigenvalue weighted by molar-refractivity contribution is 5.92. The Balaban J connectivity index is 1.80. The maximum Gasteiger partial charge on any atom is 0.237 e. The lowest BCUT2D eigenvalue weighted by atomic mass is 10.0. The van der Waals surface area contributed by atoms with Crippen LogP contribution < -0.4 is 30.1 Å². The highest BCUT2D eigenvalue weighted by Gasteiger charge is 2.24. The minimum Gasteiger partial charge on any atom is -0.495 e.